The topological polar surface area (TPSA) is 78.8 Å². The van der Waals surface area contributed by atoms with Crippen LogP contribution in [0.3, 0.4) is 0 Å². The van der Waals surface area contributed by atoms with Gasteiger partial charge in [0.2, 0.25) is 0 Å². The van der Waals surface area contributed by atoms with Crippen molar-refractivity contribution in [1.82, 2.24) is 9.88 Å². The second-order valence-electron chi connectivity index (χ2n) is 9.40. The van der Waals surface area contributed by atoms with Crippen LogP contribution >= 0.6 is 0 Å². The summed E-state index contributed by atoms with van der Waals surface area (Å²) in [7, 11) is 3.20. The molecule has 1 aromatic heterocycles. The largest absolute Gasteiger partial charge is 0.493 e. The highest BCUT2D eigenvalue weighted by atomic mass is 16.5. The molecule has 35 heavy (non-hydrogen) atoms. The van der Waals surface area contributed by atoms with Crippen molar-refractivity contribution in [3.05, 3.63) is 63.9 Å². The molecule has 7 heteroatoms. The highest BCUT2D eigenvalue weighted by Crippen LogP contribution is 2.33. The average Bonchev–Trinajstić information content (AvgIpc) is 3.68. The number of carbonyl (C=O) groups is 1. The van der Waals surface area contributed by atoms with Crippen molar-refractivity contribution in [2.75, 3.05) is 27.4 Å². The normalized spacial score (nSPS) is 13.2. The van der Waals surface area contributed by atoms with E-state index in [-0.39, 0.29) is 24.0 Å². The van der Waals surface area contributed by atoms with Crippen molar-refractivity contribution in [1.29, 1.82) is 0 Å². The minimum atomic E-state index is -0.197. The van der Waals surface area contributed by atoms with Crippen molar-refractivity contribution in [3.63, 3.8) is 0 Å². The number of amides is 1. The van der Waals surface area contributed by atoms with Gasteiger partial charge in [0.1, 0.15) is 5.75 Å². The summed E-state index contributed by atoms with van der Waals surface area (Å²) in [5.74, 6) is 2.53. The van der Waals surface area contributed by atoms with E-state index < -0.39 is 0 Å². The third kappa shape index (κ3) is 5.96. The van der Waals surface area contributed by atoms with E-state index >= 15 is 0 Å². The number of rotatable bonds is 11. The molecule has 1 heterocycles. The van der Waals surface area contributed by atoms with Crippen molar-refractivity contribution in [2.45, 2.75) is 45.6 Å². The number of fused-ring (bicyclic) bond motifs is 1. The van der Waals surface area contributed by atoms with Gasteiger partial charge in [-0.15, -0.1) is 0 Å². The Morgan fingerprint density at radius 1 is 1.06 bits per heavy atom. The Kier molecular flexibility index (Phi) is 7.63. The maximum atomic E-state index is 12.9. The van der Waals surface area contributed by atoms with E-state index in [1.165, 1.54) is 12.8 Å². The van der Waals surface area contributed by atoms with E-state index in [2.05, 4.69) is 19.2 Å². The molecule has 0 unspecified atom stereocenters. The summed E-state index contributed by atoms with van der Waals surface area (Å²) in [4.78, 5) is 25.2. The molecule has 1 saturated carbocycles. The van der Waals surface area contributed by atoms with Gasteiger partial charge in [0.15, 0.2) is 18.1 Å². The Labute approximate surface area is 206 Å². The molecule has 1 N–H and O–H groups in total. The molecular weight excluding hydrogens is 444 g/mol. The highest BCUT2D eigenvalue weighted by molar-refractivity contribution is 5.84. The number of hydrogen-bond acceptors (Lipinski definition) is 5. The number of hydrogen-bond donors (Lipinski definition) is 1. The van der Waals surface area contributed by atoms with Crippen molar-refractivity contribution >= 4 is 16.8 Å². The highest BCUT2D eigenvalue weighted by Gasteiger charge is 2.24. The fraction of sp³-hybridized carbons (Fsp3) is 0.429. The van der Waals surface area contributed by atoms with Crippen LogP contribution in [-0.2, 0) is 17.8 Å². The van der Waals surface area contributed by atoms with Crippen molar-refractivity contribution < 1.29 is 19.0 Å². The summed E-state index contributed by atoms with van der Waals surface area (Å²) in [6.45, 7) is 5.31. The Bertz CT molecular complexity index is 1260. The van der Waals surface area contributed by atoms with Crippen LogP contribution in [0, 0.1) is 5.92 Å². The molecule has 0 bridgehead atoms. The van der Waals surface area contributed by atoms with Gasteiger partial charge in [0.25, 0.3) is 11.5 Å². The number of carbonyl (C=O) groups excluding carboxylic acids is 1. The molecule has 0 spiro atoms. The number of benzene rings is 2. The lowest BCUT2D eigenvalue weighted by atomic mass is 9.98. The molecule has 0 aliphatic heterocycles. The Morgan fingerprint density at radius 2 is 1.83 bits per heavy atom. The fourth-order valence-electron chi connectivity index (χ4n) is 4.28. The van der Waals surface area contributed by atoms with Gasteiger partial charge in [-0.25, -0.2) is 0 Å². The van der Waals surface area contributed by atoms with Crippen LogP contribution in [-0.4, -0.2) is 37.8 Å². The molecule has 0 radical (unpaired) electrons. The Morgan fingerprint density at radius 3 is 2.51 bits per heavy atom. The lowest BCUT2D eigenvalue weighted by molar-refractivity contribution is -0.123. The van der Waals surface area contributed by atoms with E-state index in [0.717, 1.165) is 28.6 Å². The van der Waals surface area contributed by atoms with Crippen molar-refractivity contribution in [2.24, 2.45) is 5.92 Å². The molecular formula is C28H34N2O5. The summed E-state index contributed by atoms with van der Waals surface area (Å²) in [6.07, 6.45) is 2.99. The number of pyridine rings is 1. The quantitative estimate of drug-likeness (QED) is 0.445. The summed E-state index contributed by atoms with van der Waals surface area (Å²) in [5, 5.41) is 3.95. The number of nitrogens with one attached hydrogen (secondary N) is 1. The summed E-state index contributed by atoms with van der Waals surface area (Å²) >= 11 is 0. The molecule has 2 aromatic carbocycles. The standard InChI is InChI=1S/C28H34N2O5/c1-18(2)23-15-28(32)30(16-20-5-6-20)24-14-21(8-9-22(23)24)35-17-27(31)29-12-11-19-7-10-25(33-3)26(13-19)34-4/h7-10,13-15,18,20H,5-6,11-12,16-17H2,1-4H3,(H,29,31). The summed E-state index contributed by atoms with van der Waals surface area (Å²) in [6, 6.07) is 13.2. The van der Waals surface area contributed by atoms with Crippen LogP contribution in [0.4, 0.5) is 0 Å². The second kappa shape index (κ2) is 10.8. The minimum Gasteiger partial charge on any atom is -0.493 e. The first-order valence-corrected chi connectivity index (χ1v) is 12.2. The van der Waals surface area contributed by atoms with Crippen LogP contribution in [0.5, 0.6) is 17.2 Å². The fourth-order valence-corrected chi connectivity index (χ4v) is 4.28. The van der Waals surface area contributed by atoms with Gasteiger partial charge in [-0.05, 0) is 66.5 Å². The van der Waals surface area contributed by atoms with Gasteiger partial charge < -0.3 is 24.1 Å². The van der Waals surface area contributed by atoms with Gasteiger partial charge in [0, 0.05) is 30.6 Å². The Balaban J connectivity index is 1.39. The van der Waals surface area contributed by atoms with E-state index in [0.29, 0.717) is 36.1 Å². The third-order valence-electron chi connectivity index (χ3n) is 6.43. The van der Waals surface area contributed by atoms with E-state index in [4.69, 9.17) is 14.2 Å². The predicted molar refractivity (Wildman–Crippen MR) is 137 cm³/mol. The monoisotopic (exact) mass is 478 g/mol. The van der Waals surface area contributed by atoms with Crippen LogP contribution in [0.2, 0.25) is 0 Å². The summed E-state index contributed by atoms with van der Waals surface area (Å²) < 4.78 is 18.2. The number of ether oxygens (including phenoxy) is 3. The van der Waals surface area contributed by atoms with Gasteiger partial charge in [0.05, 0.1) is 19.7 Å². The zero-order chi connectivity index (χ0) is 24.9. The summed E-state index contributed by atoms with van der Waals surface area (Å²) in [5.41, 5.74) is 2.97. The van der Waals surface area contributed by atoms with E-state index in [9.17, 15) is 9.59 Å². The maximum Gasteiger partial charge on any atom is 0.257 e. The van der Waals surface area contributed by atoms with Crippen LogP contribution in [0.25, 0.3) is 10.9 Å². The Hall–Kier alpha value is -3.48. The molecule has 1 aliphatic carbocycles. The molecule has 1 aliphatic rings. The molecule has 4 rings (SSSR count). The van der Waals surface area contributed by atoms with Crippen LogP contribution < -0.4 is 25.1 Å². The molecule has 1 fully saturated rings. The van der Waals surface area contributed by atoms with E-state index in [1.54, 1.807) is 20.3 Å². The number of methoxy groups -OCH3 is 2. The maximum absolute atomic E-state index is 12.9. The lowest BCUT2D eigenvalue weighted by Gasteiger charge is -2.16. The van der Waals surface area contributed by atoms with Crippen molar-refractivity contribution in [3.8, 4) is 17.2 Å². The third-order valence-corrected chi connectivity index (χ3v) is 6.43. The molecule has 7 nitrogen and oxygen atoms in total. The first kappa shape index (κ1) is 24.6. The van der Waals surface area contributed by atoms with Crippen LogP contribution in [0.1, 0.15) is 43.7 Å². The average molecular weight is 479 g/mol. The number of nitrogens with zero attached hydrogens (tertiary/aromatic N) is 1. The predicted octanol–water partition coefficient (Wildman–Crippen LogP) is 4.29. The zero-order valence-electron chi connectivity index (χ0n) is 20.9. The molecule has 0 saturated heterocycles. The first-order valence-electron chi connectivity index (χ1n) is 12.2. The molecule has 0 atom stereocenters. The first-order chi connectivity index (χ1) is 16.9. The molecule has 1 amide bonds. The van der Waals surface area contributed by atoms with E-state index in [1.807, 2.05) is 41.0 Å². The number of aromatic nitrogens is 1. The van der Waals surface area contributed by atoms with Gasteiger partial charge in [-0.2, -0.15) is 0 Å². The smallest absolute Gasteiger partial charge is 0.257 e. The zero-order valence-corrected chi connectivity index (χ0v) is 20.9. The van der Waals surface area contributed by atoms with Crippen LogP contribution in [0.15, 0.2) is 47.3 Å². The van der Waals surface area contributed by atoms with Gasteiger partial charge in [-0.1, -0.05) is 19.9 Å². The van der Waals surface area contributed by atoms with Gasteiger partial charge >= 0.3 is 0 Å². The SMILES string of the molecule is COc1ccc(CCNC(=O)COc2ccc3c(C(C)C)cc(=O)n(CC4CC4)c3c2)cc1OC. The lowest BCUT2D eigenvalue weighted by Crippen LogP contribution is -2.30. The minimum absolute atomic E-state index is 0.0261. The second-order valence-corrected chi connectivity index (χ2v) is 9.40. The molecule has 3 aromatic rings. The molecule has 186 valence electrons. The van der Waals surface area contributed by atoms with Gasteiger partial charge in [-0.3, -0.25) is 9.59 Å².